The zero-order chi connectivity index (χ0) is 18.8. The molecule has 27 heavy (non-hydrogen) atoms. The topological polar surface area (TPSA) is 51.4 Å². The van der Waals surface area contributed by atoms with E-state index in [1.807, 2.05) is 0 Å². The van der Waals surface area contributed by atoms with Crippen molar-refractivity contribution >= 4 is 26.7 Å². The molecule has 0 bridgehead atoms. The molecular weight excluding hydrogens is 354 g/mol. The second-order valence-corrected chi connectivity index (χ2v) is 8.55. The molecule has 1 aliphatic carbocycles. The summed E-state index contributed by atoms with van der Waals surface area (Å²) in [6.07, 6.45) is 4.67. The van der Waals surface area contributed by atoms with E-state index in [0.717, 1.165) is 41.9 Å². The summed E-state index contributed by atoms with van der Waals surface area (Å²) in [6.45, 7) is 2.13. The first-order chi connectivity index (χ1) is 13.1. The Labute approximate surface area is 165 Å². The van der Waals surface area contributed by atoms with Crippen LogP contribution in [0.15, 0.2) is 36.4 Å². The van der Waals surface area contributed by atoms with Crippen molar-refractivity contribution in [1.82, 2.24) is 9.88 Å². The van der Waals surface area contributed by atoms with Crippen LogP contribution in [0.3, 0.4) is 0 Å². The molecule has 1 aromatic heterocycles. The monoisotopic (exact) mass is 381 g/mol. The number of nitrogens with two attached hydrogens (primary N) is 1. The molecule has 0 amide bonds. The fourth-order valence-corrected chi connectivity index (χ4v) is 4.94. The fourth-order valence-electron chi connectivity index (χ4n) is 4.23. The van der Waals surface area contributed by atoms with Gasteiger partial charge in [-0.15, -0.1) is 0 Å². The van der Waals surface area contributed by atoms with Crippen LogP contribution in [0, 0.1) is 0 Å². The molecule has 0 saturated heterocycles. The van der Waals surface area contributed by atoms with Gasteiger partial charge in [0.05, 0.1) is 17.3 Å². The van der Waals surface area contributed by atoms with Crippen molar-refractivity contribution < 1.29 is 4.74 Å². The van der Waals surface area contributed by atoms with Crippen molar-refractivity contribution in [3.8, 4) is 5.75 Å². The molecule has 0 radical (unpaired) electrons. The molecular formula is C22H27N3OS. The standard InChI is InChI=1S/C22H27N3OS/c1-25(12-11-15-9-10-21-19(13-15)24-22(23)27-21)14-16-5-3-7-18-17(16)6-4-8-20(18)26-2/h4,6,8-10,13,16H,3,5,7,11-12,14H2,1-2H3,(H2,23,24). The lowest BCUT2D eigenvalue weighted by Crippen LogP contribution is -2.28. The summed E-state index contributed by atoms with van der Waals surface area (Å²) < 4.78 is 6.74. The lowest BCUT2D eigenvalue weighted by molar-refractivity contribution is 0.299. The van der Waals surface area contributed by atoms with Crippen LogP contribution in [0.4, 0.5) is 5.13 Å². The second kappa shape index (κ2) is 7.87. The highest BCUT2D eigenvalue weighted by Gasteiger charge is 2.23. The van der Waals surface area contributed by atoms with Crippen LogP contribution in [0.5, 0.6) is 5.75 Å². The molecule has 142 valence electrons. The van der Waals surface area contributed by atoms with Crippen LogP contribution in [-0.2, 0) is 12.8 Å². The number of methoxy groups -OCH3 is 1. The van der Waals surface area contributed by atoms with E-state index < -0.39 is 0 Å². The van der Waals surface area contributed by atoms with E-state index in [2.05, 4.69) is 53.3 Å². The molecule has 4 rings (SSSR count). The highest BCUT2D eigenvalue weighted by Crippen LogP contribution is 2.37. The summed E-state index contributed by atoms with van der Waals surface area (Å²) >= 11 is 1.55. The van der Waals surface area contributed by atoms with Crippen molar-refractivity contribution in [2.24, 2.45) is 0 Å². The number of anilines is 1. The molecule has 2 N–H and O–H groups in total. The summed E-state index contributed by atoms with van der Waals surface area (Å²) in [5.74, 6) is 1.64. The fraction of sp³-hybridized carbons (Fsp3) is 0.409. The minimum atomic E-state index is 0.592. The van der Waals surface area contributed by atoms with Gasteiger partial charge in [0.15, 0.2) is 5.13 Å². The number of rotatable bonds is 6. The van der Waals surface area contributed by atoms with E-state index in [1.54, 1.807) is 18.4 Å². The average Bonchev–Trinajstić information content (AvgIpc) is 3.05. The van der Waals surface area contributed by atoms with Gasteiger partial charge in [-0.2, -0.15) is 0 Å². The Bertz CT molecular complexity index is 936. The number of likely N-dealkylation sites (N-methyl/N-ethyl adjacent to an activating group) is 1. The Hall–Kier alpha value is -2.11. The summed E-state index contributed by atoms with van der Waals surface area (Å²) in [5.41, 5.74) is 11.1. The first kappa shape index (κ1) is 18.3. The third kappa shape index (κ3) is 3.94. The number of benzene rings is 2. The first-order valence-corrected chi connectivity index (χ1v) is 10.4. The van der Waals surface area contributed by atoms with Gasteiger partial charge in [0.2, 0.25) is 0 Å². The molecule has 0 aliphatic heterocycles. The summed E-state index contributed by atoms with van der Waals surface area (Å²) in [5, 5.41) is 0.644. The van der Waals surface area contributed by atoms with Gasteiger partial charge in [0.1, 0.15) is 5.75 Å². The Balaban J connectivity index is 1.40. The molecule has 0 spiro atoms. The predicted octanol–water partition coefficient (Wildman–Crippen LogP) is 4.48. The minimum Gasteiger partial charge on any atom is -0.496 e. The number of ether oxygens (including phenoxy) is 1. The van der Waals surface area contributed by atoms with Crippen LogP contribution in [0.1, 0.15) is 35.4 Å². The number of thiazole rings is 1. The smallest absolute Gasteiger partial charge is 0.181 e. The number of hydrogen-bond acceptors (Lipinski definition) is 5. The lowest BCUT2D eigenvalue weighted by atomic mass is 9.82. The molecule has 1 aliphatic rings. The van der Waals surface area contributed by atoms with Gasteiger partial charge in [0.25, 0.3) is 0 Å². The summed E-state index contributed by atoms with van der Waals surface area (Å²) in [4.78, 5) is 6.86. The maximum atomic E-state index is 5.82. The number of aromatic nitrogens is 1. The highest BCUT2D eigenvalue weighted by molar-refractivity contribution is 7.22. The molecule has 1 unspecified atom stereocenters. The molecule has 1 heterocycles. The van der Waals surface area contributed by atoms with E-state index in [9.17, 15) is 0 Å². The number of nitrogens with zero attached hydrogens (tertiary/aromatic N) is 2. The van der Waals surface area contributed by atoms with Crippen LogP contribution in [-0.4, -0.2) is 37.1 Å². The van der Waals surface area contributed by atoms with Gasteiger partial charge in [0, 0.05) is 13.1 Å². The molecule has 5 heteroatoms. The van der Waals surface area contributed by atoms with Gasteiger partial charge in [-0.3, -0.25) is 0 Å². The molecule has 3 aromatic rings. The minimum absolute atomic E-state index is 0.592. The molecule has 1 atom stereocenters. The maximum absolute atomic E-state index is 5.82. The number of nitrogen functional groups attached to an aromatic ring is 1. The second-order valence-electron chi connectivity index (χ2n) is 7.48. The Morgan fingerprint density at radius 2 is 2.19 bits per heavy atom. The van der Waals surface area contributed by atoms with Crippen LogP contribution in [0.25, 0.3) is 10.2 Å². The molecule has 4 nitrogen and oxygen atoms in total. The van der Waals surface area contributed by atoms with Gasteiger partial charge in [-0.25, -0.2) is 4.98 Å². The van der Waals surface area contributed by atoms with E-state index in [0.29, 0.717) is 11.0 Å². The van der Waals surface area contributed by atoms with E-state index in [4.69, 9.17) is 10.5 Å². The quantitative estimate of drug-likeness (QED) is 0.684. The third-order valence-corrected chi connectivity index (χ3v) is 6.46. The van der Waals surface area contributed by atoms with Crippen molar-refractivity contribution in [3.05, 3.63) is 53.1 Å². The average molecular weight is 382 g/mol. The summed E-state index contributed by atoms with van der Waals surface area (Å²) in [7, 11) is 4.01. The number of hydrogen-bond donors (Lipinski definition) is 1. The molecule has 2 aromatic carbocycles. The predicted molar refractivity (Wildman–Crippen MR) is 114 cm³/mol. The Morgan fingerprint density at radius 1 is 1.30 bits per heavy atom. The zero-order valence-corrected chi connectivity index (χ0v) is 16.9. The Morgan fingerprint density at radius 3 is 3.04 bits per heavy atom. The van der Waals surface area contributed by atoms with E-state index in [-0.39, 0.29) is 0 Å². The Kier molecular flexibility index (Phi) is 5.32. The highest BCUT2D eigenvalue weighted by atomic mass is 32.1. The number of fused-ring (bicyclic) bond motifs is 2. The summed E-state index contributed by atoms with van der Waals surface area (Å²) in [6, 6.07) is 13.0. The zero-order valence-electron chi connectivity index (χ0n) is 16.1. The molecule has 0 fully saturated rings. The SMILES string of the molecule is COc1cccc2c1CCCC2CN(C)CCc1ccc2sc(N)nc2c1. The van der Waals surface area contributed by atoms with Crippen molar-refractivity contribution in [1.29, 1.82) is 0 Å². The normalized spacial score (nSPS) is 16.6. The lowest BCUT2D eigenvalue weighted by Gasteiger charge is -2.30. The van der Waals surface area contributed by atoms with Crippen molar-refractivity contribution in [3.63, 3.8) is 0 Å². The van der Waals surface area contributed by atoms with Gasteiger partial charge in [-0.1, -0.05) is 29.5 Å². The van der Waals surface area contributed by atoms with Crippen LogP contribution in [0.2, 0.25) is 0 Å². The van der Waals surface area contributed by atoms with Crippen molar-refractivity contribution in [2.75, 3.05) is 33.0 Å². The molecule has 0 saturated carbocycles. The van der Waals surface area contributed by atoms with Gasteiger partial charge < -0.3 is 15.4 Å². The van der Waals surface area contributed by atoms with Crippen LogP contribution >= 0.6 is 11.3 Å². The first-order valence-electron chi connectivity index (χ1n) is 9.63. The van der Waals surface area contributed by atoms with E-state index >= 15 is 0 Å². The third-order valence-electron chi connectivity index (χ3n) is 5.59. The van der Waals surface area contributed by atoms with E-state index in [1.165, 1.54) is 29.5 Å². The van der Waals surface area contributed by atoms with Gasteiger partial charge >= 0.3 is 0 Å². The maximum Gasteiger partial charge on any atom is 0.181 e. The largest absolute Gasteiger partial charge is 0.496 e. The van der Waals surface area contributed by atoms with Crippen molar-refractivity contribution in [2.45, 2.75) is 31.6 Å². The van der Waals surface area contributed by atoms with Crippen LogP contribution < -0.4 is 10.5 Å². The van der Waals surface area contributed by atoms with Gasteiger partial charge in [-0.05, 0) is 73.5 Å².